The zero-order valence-electron chi connectivity index (χ0n) is 12.1. The molecule has 0 radical (unpaired) electrons. The van der Waals surface area contributed by atoms with Gasteiger partial charge in [-0.2, -0.15) is 0 Å². The molecular weight excluding hydrogens is 304 g/mol. The average molecular weight is 322 g/mol. The highest BCUT2D eigenvalue weighted by Gasteiger charge is 2.32. The third-order valence-corrected chi connectivity index (χ3v) is 7.34. The maximum Gasteiger partial charge on any atom is 0.274 e. The number of hydrogen-bond donors (Lipinski definition) is 1. The first-order valence-corrected chi connectivity index (χ1v) is 9.14. The van der Waals surface area contributed by atoms with Crippen molar-refractivity contribution in [2.24, 2.45) is 0 Å². The first-order chi connectivity index (χ1) is 9.91. The molecule has 1 aromatic carbocycles. The summed E-state index contributed by atoms with van der Waals surface area (Å²) >= 11 is 1.33. The third-order valence-electron chi connectivity index (χ3n) is 3.76. The molecule has 0 aliphatic carbocycles. The molecule has 1 aliphatic heterocycles. The number of anilines is 2. The molecule has 1 aliphatic rings. The lowest BCUT2D eigenvalue weighted by molar-refractivity contribution is 0.588. The summed E-state index contributed by atoms with van der Waals surface area (Å²) in [5, 5.41) is 0. The summed E-state index contributed by atoms with van der Waals surface area (Å²) in [6.45, 7) is 4.29. The fourth-order valence-corrected chi connectivity index (χ4v) is 6.14. The second-order valence-corrected chi connectivity index (χ2v) is 8.67. The van der Waals surface area contributed by atoms with Crippen molar-refractivity contribution in [3.8, 4) is 0 Å². The monoisotopic (exact) mass is 322 g/mol. The molecule has 21 heavy (non-hydrogen) atoms. The van der Waals surface area contributed by atoms with Crippen LogP contribution >= 0.6 is 11.3 Å². The minimum absolute atomic E-state index is 0.440. The van der Waals surface area contributed by atoms with Crippen molar-refractivity contribution in [2.45, 2.75) is 30.9 Å². The van der Waals surface area contributed by atoms with Crippen LogP contribution in [0.2, 0.25) is 0 Å². The van der Waals surface area contributed by atoms with E-state index in [1.54, 1.807) is 0 Å². The zero-order chi connectivity index (χ0) is 15.2. The highest BCUT2D eigenvalue weighted by Crippen LogP contribution is 2.37. The fourth-order valence-electron chi connectivity index (χ4n) is 2.84. The number of nitrogens with two attached hydrogens (primary N) is 1. The summed E-state index contributed by atoms with van der Waals surface area (Å²) in [5.41, 5.74) is 9.16. The van der Waals surface area contributed by atoms with Crippen molar-refractivity contribution in [3.05, 3.63) is 40.3 Å². The summed E-state index contributed by atoms with van der Waals surface area (Å²) in [4.78, 5) is 1.01. The van der Waals surface area contributed by atoms with E-state index in [-0.39, 0.29) is 0 Å². The van der Waals surface area contributed by atoms with Gasteiger partial charge in [-0.25, -0.2) is 8.42 Å². The SMILES string of the molecule is Cc1cc(C)c(S(=O)(=O)N2CCCc3c(N)cccc32)s1. The molecule has 0 bridgehead atoms. The van der Waals surface area contributed by atoms with Crippen LogP contribution in [0, 0.1) is 13.8 Å². The van der Waals surface area contributed by atoms with Gasteiger partial charge in [0.25, 0.3) is 10.0 Å². The molecule has 3 rings (SSSR count). The Morgan fingerprint density at radius 3 is 2.71 bits per heavy atom. The molecule has 0 spiro atoms. The van der Waals surface area contributed by atoms with Gasteiger partial charge in [0.1, 0.15) is 4.21 Å². The standard InChI is InChI=1S/C15H18N2O2S2/c1-10-9-11(2)20-15(10)21(18,19)17-8-4-5-12-13(16)6-3-7-14(12)17/h3,6-7,9H,4-5,8,16H2,1-2H3. The number of thiophene rings is 1. The molecule has 112 valence electrons. The summed E-state index contributed by atoms with van der Waals surface area (Å²) in [6, 6.07) is 7.41. The van der Waals surface area contributed by atoms with Gasteiger partial charge in [0, 0.05) is 17.1 Å². The topological polar surface area (TPSA) is 63.4 Å². The predicted octanol–water partition coefficient (Wildman–Crippen LogP) is 3.09. The molecule has 0 saturated carbocycles. The van der Waals surface area contributed by atoms with Gasteiger partial charge < -0.3 is 5.73 Å². The minimum Gasteiger partial charge on any atom is -0.398 e. The quantitative estimate of drug-likeness (QED) is 0.864. The predicted molar refractivity (Wildman–Crippen MR) is 87.5 cm³/mol. The highest BCUT2D eigenvalue weighted by atomic mass is 32.2. The van der Waals surface area contributed by atoms with E-state index in [9.17, 15) is 8.42 Å². The van der Waals surface area contributed by atoms with Crippen LogP contribution < -0.4 is 10.0 Å². The number of rotatable bonds is 2. The van der Waals surface area contributed by atoms with E-state index in [0.717, 1.165) is 34.5 Å². The molecule has 0 saturated heterocycles. The number of benzene rings is 1. The van der Waals surface area contributed by atoms with Gasteiger partial charge in [-0.05, 0) is 56.0 Å². The Balaban J connectivity index is 2.14. The lowest BCUT2D eigenvalue weighted by Gasteiger charge is -2.31. The van der Waals surface area contributed by atoms with E-state index in [1.807, 2.05) is 38.1 Å². The van der Waals surface area contributed by atoms with Crippen molar-refractivity contribution >= 4 is 32.7 Å². The second kappa shape index (κ2) is 5.03. The van der Waals surface area contributed by atoms with Crippen LogP contribution in [0.15, 0.2) is 28.5 Å². The zero-order valence-corrected chi connectivity index (χ0v) is 13.7. The molecule has 0 amide bonds. The Hall–Kier alpha value is -1.53. The van der Waals surface area contributed by atoms with E-state index in [2.05, 4.69) is 0 Å². The summed E-state index contributed by atoms with van der Waals surface area (Å²) in [6.07, 6.45) is 1.63. The molecule has 2 heterocycles. The molecule has 2 N–H and O–H groups in total. The summed E-state index contributed by atoms with van der Waals surface area (Å²) < 4.78 is 27.9. The van der Waals surface area contributed by atoms with E-state index in [0.29, 0.717) is 16.4 Å². The van der Waals surface area contributed by atoms with Crippen LogP contribution in [0.4, 0.5) is 11.4 Å². The first-order valence-electron chi connectivity index (χ1n) is 6.88. The number of nitrogen functional groups attached to an aromatic ring is 1. The van der Waals surface area contributed by atoms with Gasteiger partial charge in [0.2, 0.25) is 0 Å². The third kappa shape index (κ3) is 2.32. The van der Waals surface area contributed by atoms with Gasteiger partial charge in [-0.3, -0.25) is 4.31 Å². The van der Waals surface area contributed by atoms with Crippen LogP contribution in [-0.2, 0) is 16.4 Å². The Morgan fingerprint density at radius 1 is 1.29 bits per heavy atom. The van der Waals surface area contributed by atoms with Gasteiger partial charge in [-0.1, -0.05) is 6.07 Å². The van der Waals surface area contributed by atoms with Crippen molar-refractivity contribution < 1.29 is 8.42 Å². The lowest BCUT2D eigenvalue weighted by Crippen LogP contribution is -2.35. The molecule has 0 fully saturated rings. The summed E-state index contributed by atoms with van der Waals surface area (Å²) in [7, 11) is -3.51. The first kappa shape index (κ1) is 14.4. The van der Waals surface area contributed by atoms with E-state index in [4.69, 9.17) is 5.73 Å². The number of nitrogens with zero attached hydrogens (tertiary/aromatic N) is 1. The minimum atomic E-state index is -3.51. The molecule has 1 aromatic heterocycles. The van der Waals surface area contributed by atoms with Crippen molar-refractivity contribution in [2.75, 3.05) is 16.6 Å². The average Bonchev–Trinajstić information content (AvgIpc) is 2.78. The molecule has 4 nitrogen and oxygen atoms in total. The Bertz CT molecular complexity index is 794. The van der Waals surface area contributed by atoms with Crippen LogP contribution in [0.3, 0.4) is 0 Å². The van der Waals surface area contributed by atoms with Crippen LogP contribution in [0.1, 0.15) is 22.4 Å². The maximum atomic E-state index is 13.0. The number of sulfonamides is 1. The molecule has 0 unspecified atom stereocenters. The normalized spacial score (nSPS) is 15.0. The highest BCUT2D eigenvalue weighted by molar-refractivity contribution is 7.94. The lowest BCUT2D eigenvalue weighted by atomic mass is 10.0. The van der Waals surface area contributed by atoms with Crippen LogP contribution in [-0.4, -0.2) is 15.0 Å². The molecular formula is C15H18N2O2S2. The fraction of sp³-hybridized carbons (Fsp3) is 0.333. The van der Waals surface area contributed by atoms with Crippen LogP contribution in [0.5, 0.6) is 0 Å². The summed E-state index contributed by atoms with van der Waals surface area (Å²) in [5.74, 6) is 0. The van der Waals surface area contributed by atoms with Crippen molar-refractivity contribution in [1.82, 2.24) is 0 Å². The van der Waals surface area contributed by atoms with Gasteiger partial charge in [0.05, 0.1) is 5.69 Å². The van der Waals surface area contributed by atoms with E-state index in [1.165, 1.54) is 15.6 Å². The Morgan fingerprint density at radius 2 is 2.05 bits per heavy atom. The van der Waals surface area contributed by atoms with E-state index < -0.39 is 10.0 Å². The second-order valence-electron chi connectivity index (χ2n) is 5.35. The number of hydrogen-bond acceptors (Lipinski definition) is 4. The van der Waals surface area contributed by atoms with Gasteiger partial charge >= 0.3 is 0 Å². The Labute approximate surface area is 129 Å². The largest absolute Gasteiger partial charge is 0.398 e. The van der Waals surface area contributed by atoms with Crippen molar-refractivity contribution in [3.63, 3.8) is 0 Å². The Kier molecular flexibility index (Phi) is 3.45. The van der Waals surface area contributed by atoms with Crippen LogP contribution in [0.25, 0.3) is 0 Å². The molecule has 6 heteroatoms. The number of fused-ring (bicyclic) bond motifs is 1. The molecule has 0 atom stereocenters. The van der Waals surface area contributed by atoms with E-state index >= 15 is 0 Å². The molecule has 2 aromatic rings. The smallest absolute Gasteiger partial charge is 0.274 e. The maximum absolute atomic E-state index is 13.0. The number of aryl methyl sites for hydroxylation is 2. The van der Waals surface area contributed by atoms with Gasteiger partial charge in [-0.15, -0.1) is 11.3 Å². The van der Waals surface area contributed by atoms with Crippen molar-refractivity contribution in [1.29, 1.82) is 0 Å². The van der Waals surface area contributed by atoms with Gasteiger partial charge in [0.15, 0.2) is 0 Å².